The molecule has 0 atom stereocenters. The fourth-order valence-corrected chi connectivity index (χ4v) is 2.85. The number of rotatable bonds is 5. The molecular formula is C16H26N2O3. The molecule has 2 heterocycles. The van der Waals surface area contributed by atoms with Crippen molar-refractivity contribution >= 4 is 5.91 Å². The summed E-state index contributed by atoms with van der Waals surface area (Å²) in [7, 11) is 0. The molecule has 0 spiro atoms. The topological polar surface area (TPSA) is 65.7 Å². The van der Waals surface area contributed by atoms with Gasteiger partial charge in [0, 0.05) is 12.1 Å². The Hall–Kier alpha value is -1.33. The van der Waals surface area contributed by atoms with Gasteiger partial charge in [0.05, 0.1) is 0 Å². The summed E-state index contributed by atoms with van der Waals surface area (Å²) >= 11 is 0. The number of hydrogen-bond donors (Lipinski definition) is 2. The van der Waals surface area contributed by atoms with Gasteiger partial charge in [0.2, 0.25) is 0 Å². The molecule has 0 saturated carbocycles. The highest BCUT2D eigenvalue weighted by Crippen LogP contribution is 2.15. The smallest absolute Gasteiger partial charge is 0.287 e. The third-order valence-corrected chi connectivity index (χ3v) is 3.81. The highest BCUT2D eigenvalue weighted by atomic mass is 16.4. The second-order valence-corrected chi connectivity index (χ2v) is 6.45. The van der Waals surface area contributed by atoms with Gasteiger partial charge in [-0.25, -0.2) is 0 Å². The van der Waals surface area contributed by atoms with E-state index < -0.39 is 0 Å². The van der Waals surface area contributed by atoms with Crippen LogP contribution in [-0.2, 0) is 6.61 Å². The number of carbonyl (C=O) groups excluding carboxylic acids is 1. The number of amides is 1. The molecule has 1 amide bonds. The quantitative estimate of drug-likeness (QED) is 0.873. The van der Waals surface area contributed by atoms with E-state index in [2.05, 4.69) is 10.2 Å². The van der Waals surface area contributed by atoms with Crippen LogP contribution >= 0.6 is 0 Å². The van der Waals surface area contributed by atoms with E-state index in [0.29, 0.717) is 5.76 Å². The molecule has 5 nitrogen and oxygen atoms in total. The Morgan fingerprint density at radius 1 is 1.29 bits per heavy atom. The number of nitrogens with zero attached hydrogens (tertiary/aromatic N) is 1. The minimum absolute atomic E-state index is 0.190. The van der Waals surface area contributed by atoms with Gasteiger partial charge in [-0.05, 0) is 51.9 Å². The summed E-state index contributed by atoms with van der Waals surface area (Å²) in [5.74, 6) is 0.433. The average Bonchev–Trinajstić information content (AvgIpc) is 2.77. The van der Waals surface area contributed by atoms with Crippen LogP contribution in [-0.4, -0.2) is 41.1 Å². The van der Waals surface area contributed by atoms with Crippen LogP contribution in [0.3, 0.4) is 0 Å². The zero-order valence-electron chi connectivity index (χ0n) is 13.0. The standard InChI is InChI=1S/C16H26N2O3/c1-16(2,12-18-9-5-3-4-6-10-18)17-15(20)14-8-7-13(11-19)21-14/h7-8,19H,3-6,9-12H2,1-2H3,(H,17,20). The van der Waals surface area contributed by atoms with Crippen molar-refractivity contribution in [3.63, 3.8) is 0 Å². The maximum absolute atomic E-state index is 12.2. The lowest BCUT2D eigenvalue weighted by Gasteiger charge is -2.32. The Balaban J connectivity index is 1.91. The third-order valence-electron chi connectivity index (χ3n) is 3.81. The highest BCUT2D eigenvalue weighted by Gasteiger charge is 2.26. The van der Waals surface area contributed by atoms with E-state index in [4.69, 9.17) is 9.52 Å². The molecule has 0 radical (unpaired) electrons. The first-order chi connectivity index (χ1) is 10.00. The molecule has 0 unspecified atom stereocenters. The minimum atomic E-state index is -0.312. The van der Waals surface area contributed by atoms with Crippen LogP contribution in [0.4, 0.5) is 0 Å². The van der Waals surface area contributed by atoms with Gasteiger partial charge in [0.1, 0.15) is 12.4 Å². The summed E-state index contributed by atoms with van der Waals surface area (Å²) in [6.45, 7) is 6.93. The number of aliphatic hydroxyl groups is 1. The van der Waals surface area contributed by atoms with E-state index in [9.17, 15) is 4.79 Å². The Bertz CT molecular complexity index is 460. The lowest BCUT2D eigenvalue weighted by atomic mass is 10.0. The lowest BCUT2D eigenvalue weighted by Crippen LogP contribution is -2.51. The monoisotopic (exact) mass is 294 g/mol. The predicted octanol–water partition coefficient (Wildman–Crippen LogP) is 2.16. The maximum Gasteiger partial charge on any atom is 0.287 e. The van der Waals surface area contributed by atoms with Gasteiger partial charge < -0.3 is 19.7 Å². The number of furan rings is 1. The zero-order valence-corrected chi connectivity index (χ0v) is 13.0. The first kappa shape index (κ1) is 16.0. The van der Waals surface area contributed by atoms with Gasteiger partial charge in [0.15, 0.2) is 5.76 Å². The fraction of sp³-hybridized carbons (Fsp3) is 0.688. The van der Waals surface area contributed by atoms with Crippen molar-refractivity contribution in [2.45, 2.75) is 51.7 Å². The third kappa shape index (κ3) is 4.86. The predicted molar refractivity (Wildman–Crippen MR) is 81.1 cm³/mol. The number of nitrogens with one attached hydrogen (secondary N) is 1. The molecule has 1 aromatic heterocycles. The van der Waals surface area contributed by atoms with Crippen LogP contribution in [0.1, 0.15) is 55.8 Å². The molecule has 5 heteroatoms. The van der Waals surface area contributed by atoms with Crippen molar-refractivity contribution in [1.29, 1.82) is 0 Å². The van der Waals surface area contributed by atoms with Crippen LogP contribution in [0.25, 0.3) is 0 Å². The van der Waals surface area contributed by atoms with E-state index in [1.54, 1.807) is 12.1 Å². The van der Waals surface area contributed by atoms with Gasteiger partial charge in [-0.2, -0.15) is 0 Å². The summed E-state index contributed by atoms with van der Waals surface area (Å²) in [6.07, 6.45) is 5.09. The van der Waals surface area contributed by atoms with Gasteiger partial charge in [0.25, 0.3) is 5.91 Å². The summed E-state index contributed by atoms with van der Waals surface area (Å²) < 4.78 is 5.27. The van der Waals surface area contributed by atoms with Crippen molar-refractivity contribution in [2.24, 2.45) is 0 Å². The Morgan fingerprint density at radius 3 is 2.52 bits per heavy atom. The number of aliphatic hydroxyl groups excluding tert-OH is 1. The van der Waals surface area contributed by atoms with Gasteiger partial charge in [-0.1, -0.05) is 12.8 Å². The van der Waals surface area contributed by atoms with Crippen LogP contribution in [0.15, 0.2) is 16.5 Å². The van der Waals surface area contributed by atoms with Crippen molar-refractivity contribution in [2.75, 3.05) is 19.6 Å². The molecule has 2 rings (SSSR count). The van der Waals surface area contributed by atoms with Crippen LogP contribution in [0.2, 0.25) is 0 Å². The van der Waals surface area contributed by atoms with E-state index in [0.717, 1.165) is 19.6 Å². The second-order valence-electron chi connectivity index (χ2n) is 6.45. The first-order valence-electron chi connectivity index (χ1n) is 7.75. The van der Waals surface area contributed by atoms with Crippen molar-refractivity contribution < 1.29 is 14.3 Å². The second kappa shape index (κ2) is 7.09. The summed E-state index contributed by atoms with van der Waals surface area (Å²) in [5.41, 5.74) is -0.312. The average molecular weight is 294 g/mol. The normalized spacial score (nSPS) is 17.5. The van der Waals surface area contributed by atoms with Gasteiger partial charge in [-0.15, -0.1) is 0 Å². The Kier molecular flexibility index (Phi) is 5.42. The van der Waals surface area contributed by atoms with E-state index in [1.165, 1.54) is 25.7 Å². The number of likely N-dealkylation sites (tertiary alicyclic amines) is 1. The molecule has 1 saturated heterocycles. The molecule has 21 heavy (non-hydrogen) atoms. The van der Waals surface area contributed by atoms with Crippen molar-refractivity contribution in [3.8, 4) is 0 Å². The molecular weight excluding hydrogens is 268 g/mol. The SMILES string of the molecule is CC(C)(CN1CCCCCC1)NC(=O)c1ccc(CO)o1. The highest BCUT2D eigenvalue weighted by molar-refractivity contribution is 5.92. The molecule has 0 bridgehead atoms. The van der Waals surface area contributed by atoms with Crippen LogP contribution in [0.5, 0.6) is 0 Å². The molecule has 2 N–H and O–H groups in total. The van der Waals surface area contributed by atoms with E-state index in [-0.39, 0.29) is 23.8 Å². The van der Waals surface area contributed by atoms with Gasteiger partial charge >= 0.3 is 0 Å². The fourth-order valence-electron chi connectivity index (χ4n) is 2.85. The molecule has 1 aliphatic heterocycles. The van der Waals surface area contributed by atoms with Crippen LogP contribution in [0, 0.1) is 0 Å². The van der Waals surface area contributed by atoms with Crippen molar-refractivity contribution in [3.05, 3.63) is 23.7 Å². The molecule has 1 aromatic rings. The molecule has 118 valence electrons. The first-order valence-corrected chi connectivity index (χ1v) is 7.75. The molecule has 1 fully saturated rings. The molecule has 0 aromatic carbocycles. The van der Waals surface area contributed by atoms with Crippen LogP contribution < -0.4 is 5.32 Å². The van der Waals surface area contributed by atoms with E-state index >= 15 is 0 Å². The number of carbonyl (C=O) groups is 1. The molecule has 0 aliphatic carbocycles. The Morgan fingerprint density at radius 2 is 1.95 bits per heavy atom. The largest absolute Gasteiger partial charge is 0.453 e. The number of hydrogen-bond acceptors (Lipinski definition) is 4. The Labute approximate surface area is 126 Å². The summed E-state index contributed by atoms with van der Waals surface area (Å²) in [5, 5.41) is 12.0. The zero-order chi connectivity index (χ0) is 15.3. The molecule has 1 aliphatic rings. The van der Waals surface area contributed by atoms with E-state index in [1.807, 2.05) is 13.8 Å². The maximum atomic E-state index is 12.2. The van der Waals surface area contributed by atoms with Crippen molar-refractivity contribution in [1.82, 2.24) is 10.2 Å². The minimum Gasteiger partial charge on any atom is -0.453 e. The summed E-state index contributed by atoms with van der Waals surface area (Å²) in [4.78, 5) is 14.6. The lowest BCUT2D eigenvalue weighted by molar-refractivity contribution is 0.0855. The summed E-state index contributed by atoms with van der Waals surface area (Å²) in [6, 6.07) is 3.22. The van der Waals surface area contributed by atoms with Gasteiger partial charge in [-0.3, -0.25) is 4.79 Å².